The molecule has 24 heavy (non-hydrogen) atoms. The maximum Gasteiger partial charge on any atom is 0.224 e. The van der Waals surface area contributed by atoms with Gasteiger partial charge >= 0.3 is 0 Å². The number of nitrogens with zero attached hydrogens (tertiary/aromatic N) is 1. The van der Waals surface area contributed by atoms with Crippen LogP contribution in [0, 0.1) is 11.7 Å². The van der Waals surface area contributed by atoms with Crippen LogP contribution < -0.4 is 10.2 Å². The van der Waals surface area contributed by atoms with E-state index in [-0.39, 0.29) is 29.8 Å². The Hall–Kier alpha value is -1.88. The Balaban J connectivity index is 1.75. The van der Waals surface area contributed by atoms with E-state index in [4.69, 9.17) is 0 Å². The predicted octanol–water partition coefficient (Wildman–Crippen LogP) is 2.93. The van der Waals surface area contributed by atoms with Crippen LogP contribution in [0.5, 0.6) is 0 Å². The zero-order valence-corrected chi connectivity index (χ0v) is 14.0. The molecule has 0 aromatic heterocycles. The molecule has 1 atom stereocenters. The van der Waals surface area contributed by atoms with Crippen LogP contribution in [-0.4, -0.2) is 30.2 Å². The molecule has 0 saturated carbocycles. The van der Waals surface area contributed by atoms with Crippen molar-refractivity contribution in [3.8, 4) is 0 Å². The molecule has 0 bridgehead atoms. The molecular weight excluding hydrogens is 307 g/mol. The highest BCUT2D eigenvalue weighted by molar-refractivity contribution is 5.80. The molecule has 1 heterocycles. The smallest absolute Gasteiger partial charge is 0.224 e. The van der Waals surface area contributed by atoms with Gasteiger partial charge in [-0.15, -0.1) is 0 Å². The van der Waals surface area contributed by atoms with Crippen molar-refractivity contribution in [2.24, 2.45) is 5.92 Å². The van der Waals surface area contributed by atoms with Crippen molar-refractivity contribution in [2.75, 3.05) is 18.0 Å². The fraction of sp³-hybridized carbons (Fsp3) is 0.526. The predicted molar refractivity (Wildman–Crippen MR) is 92.3 cm³/mol. The molecule has 1 aromatic carbocycles. The first kappa shape index (κ1) is 17.0. The van der Waals surface area contributed by atoms with E-state index in [1.165, 1.54) is 12.1 Å². The number of carbonyl (C=O) groups excluding carboxylic acids is 1. The molecule has 0 unspecified atom stereocenters. The maximum absolute atomic E-state index is 13.8. The Bertz CT molecular complexity index is 616. The summed E-state index contributed by atoms with van der Waals surface area (Å²) in [4.78, 5) is 14.5. The lowest BCUT2D eigenvalue weighted by Gasteiger charge is -2.34. The van der Waals surface area contributed by atoms with E-state index in [1.54, 1.807) is 6.07 Å². The number of amides is 1. The van der Waals surface area contributed by atoms with Crippen LogP contribution in [-0.2, 0) is 4.79 Å². The summed E-state index contributed by atoms with van der Waals surface area (Å²) in [6.45, 7) is 3.39. The number of aliphatic hydroxyl groups is 1. The molecule has 130 valence electrons. The summed E-state index contributed by atoms with van der Waals surface area (Å²) in [6, 6.07) is 4.50. The Kier molecular flexibility index (Phi) is 5.19. The number of anilines is 1. The first-order chi connectivity index (χ1) is 11.5. The summed E-state index contributed by atoms with van der Waals surface area (Å²) in [7, 11) is 0. The first-order valence-corrected chi connectivity index (χ1v) is 8.72. The van der Waals surface area contributed by atoms with E-state index in [0.717, 1.165) is 37.2 Å². The number of hydrogen-bond donors (Lipinski definition) is 2. The summed E-state index contributed by atoms with van der Waals surface area (Å²) in [5.74, 6) is -0.277. The molecule has 0 spiro atoms. The summed E-state index contributed by atoms with van der Waals surface area (Å²) < 4.78 is 13.8. The Morgan fingerprint density at radius 1 is 1.29 bits per heavy atom. The standard InChI is InChI=1S/C19H25FN2O2/c1-13(21-19(24)14-4-2-3-5-14)17-12-15(20)6-7-18(17)22-10-8-16(23)9-11-22/h2-3,6-7,12-14,16,23H,4-5,8-11H2,1H3,(H,21,24)/t13-/m0/s1. The molecule has 4 nitrogen and oxygen atoms in total. The van der Waals surface area contributed by atoms with Crippen LogP contribution in [0.15, 0.2) is 30.4 Å². The number of hydrogen-bond acceptors (Lipinski definition) is 3. The SMILES string of the molecule is C[C@H](NC(=O)C1CC=CC1)c1cc(F)ccc1N1CCC(O)CC1. The minimum atomic E-state index is -0.297. The third-order valence-corrected chi connectivity index (χ3v) is 5.00. The van der Waals surface area contributed by atoms with Crippen LogP contribution in [0.2, 0.25) is 0 Å². The van der Waals surface area contributed by atoms with Gasteiger partial charge < -0.3 is 15.3 Å². The topological polar surface area (TPSA) is 52.6 Å². The van der Waals surface area contributed by atoms with Crippen LogP contribution in [0.4, 0.5) is 10.1 Å². The summed E-state index contributed by atoms with van der Waals surface area (Å²) in [5.41, 5.74) is 1.74. The van der Waals surface area contributed by atoms with Gasteiger partial charge in [-0.1, -0.05) is 12.2 Å². The lowest BCUT2D eigenvalue weighted by molar-refractivity contribution is -0.125. The van der Waals surface area contributed by atoms with Crippen molar-refractivity contribution in [1.82, 2.24) is 5.32 Å². The second kappa shape index (κ2) is 7.34. The number of halogens is 1. The molecule has 2 aliphatic rings. The van der Waals surface area contributed by atoms with Crippen LogP contribution >= 0.6 is 0 Å². The van der Waals surface area contributed by atoms with Crippen molar-refractivity contribution >= 4 is 11.6 Å². The Labute approximate surface area is 142 Å². The summed E-state index contributed by atoms with van der Waals surface area (Å²) in [5, 5.41) is 12.7. The fourth-order valence-electron chi connectivity index (χ4n) is 3.51. The monoisotopic (exact) mass is 332 g/mol. The molecular formula is C19H25FN2O2. The third-order valence-electron chi connectivity index (χ3n) is 5.00. The van der Waals surface area contributed by atoms with Crippen LogP contribution in [0.25, 0.3) is 0 Å². The lowest BCUT2D eigenvalue weighted by atomic mass is 10.00. The maximum atomic E-state index is 13.8. The molecule has 1 amide bonds. The fourth-order valence-corrected chi connectivity index (χ4v) is 3.51. The highest BCUT2D eigenvalue weighted by atomic mass is 19.1. The first-order valence-electron chi connectivity index (χ1n) is 8.72. The quantitative estimate of drug-likeness (QED) is 0.834. The van der Waals surface area contributed by atoms with Gasteiger partial charge in [-0.3, -0.25) is 4.79 Å². The van der Waals surface area contributed by atoms with Crippen LogP contribution in [0.3, 0.4) is 0 Å². The molecule has 1 aliphatic carbocycles. The Morgan fingerprint density at radius 3 is 2.62 bits per heavy atom. The van der Waals surface area contributed by atoms with Crippen molar-refractivity contribution in [3.63, 3.8) is 0 Å². The van der Waals surface area contributed by atoms with Crippen LogP contribution in [0.1, 0.15) is 44.2 Å². The third kappa shape index (κ3) is 3.78. The van der Waals surface area contributed by atoms with Crippen molar-refractivity contribution in [2.45, 2.75) is 44.8 Å². The molecule has 1 saturated heterocycles. The molecule has 1 fully saturated rings. The largest absolute Gasteiger partial charge is 0.393 e. The second-order valence-corrected chi connectivity index (χ2v) is 6.79. The van der Waals surface area contributed by atoms with Gasteiger partial charge in [0.1, 0.15) is 5.82 Å². The van der Waals surface area contributed by atoms with E-state index in [1.807, 2.05) is 19.1 Å². The second-order valence-electron chi connectivity index (χ2n) is 6.79. The van der Waals surface area contributed by atoms with Gasteiger partial charge in [0.2, 0.25) is 5.91 Å². The minimum absolute atomic E-state index is 0.00501. The van der Waals surface area contributed by atoms with E-state index in [2.05, 4.69) is 10.2 Å². The van der Waals surface area contributed by atoms with Gasteiger partial charge in [-0.2, -0.15) is 0 Å². The highest BCUT2D eigenvalue weighted by Gasteiger charge is 2.25. The average molecular weight is 332 g/mol. The number of benzene rings is 1. The van der Waals surface area contributed by atoms with E-state index < -0.39 is 0 Å². The van der Waals surface area contributed by atoms with Gasteiger partial charge in [0.25, 0.3) is 0 Å². The van der Waals surface area contributed by atoms with Gasteiger partial charge in [0.15, 0.2) is 0 Å². The van der Waals surface area contributed by atoms with Gasteiger partial charge in [-0.25, -0.2) is 4.39 Å². The molecule has 2 N–H and O–H groups in total. The number of piperidine rings is 1. The number of rotatable bonds is 4. The molecule has 5 heteroatoms. The minimum Gasteiger partial charge on any atom is -0.393 e. The number of aliphatic hydroxyl groups excluding tert-OH is 1. The zero-order valence-electron chi connectivity index (χ0n) is 14.0. The van der Waals surface area contributed by atoms with Crippen molar-refractivity contribution in [1.29, 1.82) is 0 Å². The average Bonchev–Trinajstić information content (AvgIpc) is 3.10. The summed E-state index contributed by atoms with van der Waals surface area (Å²) >= 11 is 0. The molecule has 3 rings (SSSR count). The number of carbonyl (C=O) groups is 1. The van der Waals surface area contributed by atoms with Gasteiger partial charge in [0.05, 0.1) is 12.1 Å². The summed E-state index contributed by atoms with van der Waals surface area (Å²) in [6.07, 6.45) is 6.79. The number of nitrogens with one attached hydrogen (secondary N) is 1. The van der Waals surface area contributed by atoms with E-state index in [0.29, 0.717) is 12.8 Å². The number of allylic oxidation sites excluding steroid dienone is 2. The molecule has 1 aliphatic heterocycles. The molecule has 1 aromatic rings. The van der Waals surface area contributed by atoms with Gasteiger partial charge in [-0.05, 0) is 50.8 Å². The lowest BCUT2D eigenvalue weighted by Crippen LogP contribution is -2.37. The van der Waals surface area contributed by atoms with Crippen molar-refractivity contribution < 1.29 is 14.3 Å². The van der Waals surface area contributed by atoms with Gasteiger partial charge in [0, 0.05) is 30.3 Å². The van der Waals surface area contributed by atoms with Crippen molar-refractivity contribution in [3.05, 3.63) is 41.7 Å². The molecule has 0 radical (unpaired) electrons. The highest BCUT2D eigenvalue weighted by Crippen LogP contribution is 2.30. The van der Waals surface area contributed by atoms with E-state index in [9.17, 15) is 14.3 Å². The van der Waals surface area contributed by atoms with E-state index >= 15 is 0 Å². The normalized spacial score (nSPS) is 20.4. The Morgan fingerprint density at radius 2 is 1.96 bits per heavy atom. The zero-order chi connectivity index (χ0) is 17.1.